The van der Waals surface area contributed by atoms with Crippen LogP contribution in [-0.4, -0.2) is 53.4 Å². The third-order valence-corrected chi connectivity index (χ3v) is 3.11. The predicted octanol–water partition coefficient (Wildman–Crippen LogP) is 3.55. The summed E-state index contributed by atoms with van der Waals surface area (Å²) in [7, 11) is 0. The van der Waals surface area contributed by atoms with E-state index in [1.165, 1.54) is 0 Å². The highest BCUT2D eigenvalue weighted by Crippen LogP contribution is 2.61. The summed E-state index contributed by atoms with van der Waals surface area (Å²) in [6.45, 7) is -1.46. The molecule has 0 radical (unpaired) electrons. The molecule has 1 heterocycles. The average Bonchev–Trinajstić information content (AvgIpc) is 2.57. The molecule has 0 N–H and O–H groups in total. The highest BCUT2D eigenvalue weighted by molar-refractivity contribution is 5.90. The molecule has 1 saturated heterocycles. The number of carbonyl (C=O) groups is 1. The molecule has 0 saturated carbocycles. The number of rotatable bonds is 1. The van der Waals surface area contributed by atoms with E-state index in [0.717, 1.165) is 0 Å². The third-order valence-electron chi connectivity index (χ3n) is 3.11. The van der Waals surface area contributed by atoms with Crippen molar-refractivity contribution < 1.29 is 62.2 Å². The zero-order valence-corrected chi connectivity index (χ0v) is 11.0. The lowest BCUT2D eigenvalue weighted by atomic mass is 10.0. The highest BCUT2D eigenvalue weighted by atomic mass is 19.4. The molecule has 0 bridgehead atoms. The number of amides is 1. The molecule has 1 aliphatic rings. The Kier molecular flexibility index (Phi) is 4.34. The van der Waals surface area contributed by atoms with Gasteiger partial charge < -0.3 is 4.74 Å². The molecule has 0 aromatic carbocycles. The predicted molar refractivity (Wildman–Crippen MR) is 48.2 cm³/mol. The molecule has 1 amide bonds. The molecule has 142 valence electrons. The summed E-state index contributed by atoms with van der Waals surface area (Å²) >= 11 is 0. The van der Waals surface area contributed by atoms with Crippen molar-refractivity contribution in [3.05, 3.63) is 0 Å². The normalized spacial score (nSPS) is 22.2. The molecular formula is C9H5F12NO2. The Labute approximate surface area is 124 Å². The first-order chi connectivity index (χ1) is 10.3. The van der Waals surface area contributed by atoms with E-state index >= 15 is 0 Å². The summed E-state index contributed by atoms with van der Waals surface area (Å²) in [6.07, 6.45) is -27.5. The number of halogens is 12. The topological polar surface area (TPSA) is 29.5 Å². The number of nitrogens with zero attached hydrogens (tertiary/aromatic N) is 1. The molecule has 1 rings (SSSR count). The van der Waals surface area contributed by atoms with Crippen LogP contribution in [0.5, 0.6) is 0 Å². The second-order valence-corrected chi connectivity index (χ2v) is 4.47. The second-order valence-electron chi connectivity index (χ2n) is 4.47. The zero-order valence-electron chi connectivity index (χ0n) is 11.0. The van der Waals surface area contributed by atoms with Crippen molar-refractivity contribution in [3.63, 3.8) is 0 Å². The Morgan fingerprint density at radius 1 is 0.792 bits per heavy atom. The summed E-state index contributed by atoms with van der Waals surface area (Å²) in [4.78, 5) is 9.75. The first-order valence-corrected chi connectivity index (χ1v) is 5.60. The summed E-state index contributed by atoms with van der Waals surface area (Å²) in [5.74, 6) is -3.56. The zero-order chi connectivity index (χ0) is 19.6. The van der Waals surface area contributed by atoms with Crippen molar-refractivity contribution in [2.45, 2.75) is 43.0 Å². The molecular weight excluding hydrogens is 382 g/mol. The van der Waals surface area contributed by atoms with Crippen LogP contribution in [0.3, 0.4) is 0 Å². The van der Waals surface area contributed by atoms with Gasteiger partial charge in [-0.3, -0.25) is 9.69 Å². The lowest BCUT2D eigenvalue weighted by Crippen LogP contribution is -2.67. The molecule has 24 heavy (non-hydrogen) atoms. The van der Waals surface area contributed by atoms with Crippen molar-refractivity contribution in [1.29, 1.82) is 0 Å². The average molecular weight is 387 g/mol. The first kappa shape index (κ1) is 20.6. The highest BCUT2D eigenvalue weighted by Gasteiger charge is 2.92. The van der Waals surface area contributed by atoms with E-state index in [2.05, 4.69) is 4.74 Å². The minimum Gasteiger partial charge on any atom is -0.307 e. The fourth-order valence-electron chi connectivity index (χ4n) is 2.12. The van der Waals surface area contributed by atoms with Crippen LogP contribution in [0.4, 0.5) is 52.7 Å². The van der Waals surface area contributed by atoms with Gasteiger partial charge in [-0.15, -0.1) is 0 Å². The van der Waals surface area contributed by atoms with E-state index in [1.807, 2.05) is 0 Å². The number of likely N-dealkylation sites (N-methyl/N-ethyl adjacent to an activating group) is 1. The first-order valence-electron chi connectivity index (χ1n) is 5.60. The molecule has 15 heteroatoms. The molecule has 1 aliphatic heterocycles. The maximum atomic E-state index is 12.9. The summed E-state index contributed by atoms with van der Waals surface area (Å²) < 4.78 is 156. The van der Waals surface area contributed by atoms with Gasteiger partial charge >= 0.3 is 36.0 Å². The Morgan fingerprint density at radius 2 is 1.12 bits per heavy atom. The van der Waals surface area contributed by atoms with Crippen LogP contribution in [-0.2, 0) is 9.53 Å². The Morgan fingerprint density at radius 3 is 1.29 bits per heavy atom. The molecule has 1 fully saturated rings. The van der Waals surface area contributed by atoms with E-state index in [4.69, 9.17) is 0 Å². The van der Waals surface area contributed by atoms with E-state index in [9.17, 15) is 57.5 Å². The lowest BCUT2D eigenvalue weighted by molar-refractivity contribution is -0.453. The van der Waals surface area contributed by atoms with Gasteiger partial charge in [-0.25, -0.2) is 0 Å². The SMILES string of the molecule is CCN1C(=O)C(C(F)(F)F)(C(F)(F)F)OC1(C(F)(F)F)C(F)(F)F. The van der Waals surface area contributed by atoms with Crippen LogP contribution in [0.2, 0.25) is 0 Å². The number of ether oxygens (including phenoxy) is 1. The van der Waals surface area contributed by atoms with E-state index in [0.29, 0.717) is 6.92 Å². The van der Waals surface area contributed by atoms with Crippen molar-refractivity contribution in [3.8, 4) is 0 Å². The Balaban J connectivity index is 3.91. The molecule has 0 aliphatic carbocycles. The van der Waals surface area contributed by atoms with Crippen LogP contribution >= 0.6 is 0 Å². The van der Waals surface area contributed by atoms with Crippen LogP contribution < -0.4 is 0 Å². The molecule has 0 aromatic rings. The van der Waals surface area contributed by atoms with Gasteiger partial charge in [0.25, 0.3) is 5.91 Å². The maximum Gasteiger partial charge on any atom is 0.446 e. The minimum absolute atomic E-state index is 0.330. The monoisotopic (exact) mass is 387 g/mol. The van der Waals surface area contributed by atoms with E-state index in [1.54, 1.807) is 0 Å². The van der Waals surface area contributed by atoms with Crippen molar-refractivity contribution in [2.75, 3.05) is 6.54 Å². The third kappa shape index (κ3) is 2.30. The molecule has 0 atom stereocenters. The van der Waals surface area contributed by atoms with Gasteiger partial charge in [0.2, 0.25) is 0 Å². The molecule has 0 spiro atoms. The van der Waals surface area contributed by atoms with Gasteiger partial charge in [-0.1, -0.05) is 0 Å². The van der Waals surface area contributed by atoms with Crippen LogP contribution in [0.25, 0.3) is 0 Å². The summed E-state index contributed by atoms with van der Waals surface area (Å²) in [5.41, 5.74) is -12.4. The van der Waals surface area contributed by atoms with Gasteiger partial charge in [0.15, 0.2) is 0 Å². The largest absolute Gasteiger partial charge is 0.446 e. The smallest absolute Gasteiger partial charge is 0.307 e. The van der Waals surface area contributed by atoms with Crippen LogP contribution in [0.15, 0.2) is 0 Å². The number of hydrogen-bond donors (Lipinski definition) is 0. The quantitative estimate of drug-likeness (QED) is 0.645. The molecule has 0 unspecified atom stereocenters. The minimum atomic E-state index is -6.94. The van der Waals surface area contributed by atoms with Gasteiger partial charge in [-0.05, 0) is 6.92 Å². The fourth-order valence-corrected chi connectivity index (χ4v) is 2.12. The maximum absolute atomic E-state index is 12.9. The van der Waals surface area contributed by atoms with Crippen molar-refractivity contribution in [1.82, 2.24) is 4.90 Å². The van der Waals surface area contributed by atoms with E-state index < -0.39 is 53.4 Å². The lowest BCUT2D eigenvalue weighted by Gasteiger charge is -2.39. The standard InChI is InChI=1S/C9H5F12NO2/c1-2-22-3(23)4(6(10,11)12,7(13,14)15)24-5(22,8(16,17)18)9(19,20)21/h2H2,1H3. The van der Waals surface area contributed by atoms with Crippen molar-refractivity contribution in [2.24, 2.45) is 0 Å². The summed E-state index contributed by atoms with van der Waals surface area (Å²) in [5, 5.41) is 0. The molecule has 0 aromatic heterocycles. The number of hydrogen-bond acceptors (Lipinski definition) is 2. The Bertz CT molecular complexity index is 485. The van der Waals surface area contributed by atoms with Crippen LogP contribution in [0.1, 0.15) is 6.92 Å². The van der Waals surface area contributed by atoms with Crippen molar-refractivity contribution >= 4 is 5.91 Å². The van der Waals surface area contributed by atoms with E-state index in [-0.39, 0.29) is 0 Å². The van der Waals surface area contributed by atoms with Crippen LogP contribution in [0, 0.1) is 0 Å². The van der Waals surface area contributed by atoms with Gasteiger partial charge in [0.1, 0.15) is 0 Å². The number of alkyl halides is 12. The Hall–Kier alpha value is -1.41. The van der Waals surface area contributed by atoms with Gasteiger partial charge in [0, 0.05) is 6.54 Å². The number of carbonyl (C=O) groups excluding carboxylic acids is 1. The second kappa shape index (κ2) is 5.05. The molecule has 3 nitrogen and oxygen atoms in total. The van der Waals surface area contributed by atoms with Gasteiger partial charge in [-0.2, -0.15) is 52.7 Å². The fraction of sp³-hybridized carbons (Fsp3) is 0.889. The summed E-state index contributed by atoms with van der Waals surface area (Å²) in [6, 6.07) is 0. The van der Waals surface area contributed by atoms with Gasteiger partial charge in [0.05, 0.1) is 0 Å².